The van der Waals surface area contributed by atoms with E-state index in [0.717, 1.165) is 15.6 Å². The van der Waals surface area contributed by atoms with E-state index < -0.39 is 5.41 Å². The molecule has 0 saturated carbocycles. The van der Waals surface area contributed by atoms with E-state index in [9.17, 15) is 10.2 Å². The lowest BCUT2D eigenvalue weighted by atomic mass is 9.77. The minimum atomic E-state index is -0.752. The highest BCUT2D eigenvalue weighted by molar-refractivity contribution is 9.10. The first kappa shape index (κ1) is 16.8. The summed E-state index contributed by atoms with van der Waals surface area (Å²) in [4.78, 5) is 0. The van der Waals surface area contributed by atoms with Crippen molar-refractivity contribution in [3.63, 3.8) is 0 Å². The topological polar surface area (TPSA) is 40.5 Å². The molecular formula is C16H15BrCl2O2. The van der Waals surface area contributed by atoms with E-state index in [0.29, 0.717) is 16.5 Å². The van der Waals surface area contributed by atoms with Gasteiger partial charge in [-0.25, -0.2) is 0 Å². The summed E-state index contributed by atoms with van der Waals surface area (Å²) < 4.78 is 0.950. The molecule has 0 aromatic heterocycles. The molecule has 2 N–H and O–H groups in total. The molecule has 0 bridgehead atoms. The number of halogens is 3. The van der Waals surface area contributed by atoms with Gasteiger partial charge in [-0.2, -0.15) is 0 Å². The van der Waals surface area contributed by atoms with Crippen LogP contribution in [0.15, 0.2) is 46.9 Å². The maximum Gasteiger partial charge on any atom is 0.0595 e. The van der Waals surface area contributed by atoms with Crippen LogP contribution in [-0.2, 0) is 11.8 Å². The van der Waals surface area contributed by atoms with Gasteiger partial charge in [0.25, 0.3) is 0 Å². The van der Waals surface area contributed by atoms with Crippen molar-refractivity contribution in [1.82, 2.24) is 0 Å². The fraction of sp³-hybridized carbons (Fsp3) is 0.250. The largest absolute Gasteiger partial charge is 0.395 e. The standard InChI is InChI=1S/C16H15BrCl2O2/c17-13-4-2-12(3-5-13)16(9-20,10-21)8-11-1-6-14(18)15(19)7-11/h1-7,20-21H,8-10H2. The highest BCUT2D eigenvalue weighted by atomic mass is 79.9. The van der Waals surface area contributed by atoms with Gasteiger partial charge in [0, 0.05) is 9.89 Å². The van der Waals surface area contributed by atoms with E-state index in [-0.39, 0.29) is 13.2 Å². The van der Waals surface area contributed by atoms with E-state index in [1.807, 2.05) is 30.3 Å². The Bertz CT molecular complexity index is 610. The lowest BCUT2D eigenvalue weighted by Crippen LogP contribution is -2.37. The van der Waals surface area contributed by atoms with Gasteiger partial charge in [-0.05, 0) is 41.8 Å². The van der Waals surface area contributed by atoms with Crippen LogP contribution in [-0.4, -0.2) is 23.4 Å². The zero-order chi connectivity index (χ0) is 15.5. The molecule has 2 rings (SSSR count). The molecule has 2 aromatic rings. The summed E-state index contributed by atoms with van der Waals surface area (Å²) in [5.41, 5.74) is 1.04. The molecule has 0 unspecified atom stereocenters. The molecule has 0 aliphatic heterocycles. The molecule has 0 amide bonds. The monoisotopic (exact) mass is 388 g/mol. The van der Waals surface area contributed by atoms with Crippen molar-refractivity contribution in [3.05, 3.63) is 68.1 Å². The first-order valence-corrected chi connectivity index (χ1v) is 7.97. The molecule has 0 aliphatic carbocycles. The van der Waals surface area contributed by atoms with E-state index in [1.165, 1.54) is 0 Å². The summed E-state index contributed by atoms with van der Waals surface area (Å²) in [7, 11) is 0. The Balaban J connectivity index is 2.37. The van der Waals surface area contributed by atoms with Crippen molar-refractivity contribution in [2.24, 2.45) is 0 Å². The second-order valence-corrected chi connectivity index (χ2v) is 6.76. The smallest absolute Gasteiger partial charge is 0.0595 e. The minimum absolute atomic E-state index is 0.161. The Morgan fingerprint density at radius 3 is 2.05 bits per heavy atom. The SMILES string of the molecule is OCC(CO)(Cc1ccc(Cl)c(Cl)c1)c1ccc(Br)cc1. The Labute approximate surface area is 142 Å². The summed E-state index contributed by atoms with van der Waals surface area (Å²) in [6.07, 6.45) is 0.471. The van der Waals surface area contributed by atoms with Crippen LogP contribution < -0.4 is 0 Å². The fourth-order valence-electron chi connectivity index (χ4n) is 2.29. The van der Waals surface area contributed by atoms with Crippen molar-refractivity contribution in [2.75, 3.05) is 13.2 Å². The molecule has 112 valence electrons. The molecule has 21 heavy (non-hydrogen) atoms. The van der Waals surface area contributed by atoms with Crippen molar-refractivity contribution >= 4 is 39.1 Å². The molecule has 0 atom stereocenters. The number of rotatable bonds is 5. The third-order valence-electron chi connectivity index (χ3n) is 3.59. The second-order valence-electron chi connectivity index (χ2n) is 5.03. The van der Waals surface area contributed by atoms with Crippen LogP contribution in [0.25, 0.3) is 0 Å². The molecule has 0 spiro atoms. The van der Waals surface area contributed by atoms with Crippen molar-refractivity contribution in [2.45, 2.75) is 11.8 Å². The van der Waals surface area contributed by atoms with Crippen LogP contribution in [0, 0.1) is 0 Å². The maximum absolute atomic E-state index is 9.85. The van der Waals surface area contributed by atoms with Gasteiger partial charge >= 0.3 is 0 Å². The number of aliphatic hydroxyl groups excluding tert-OH is 2. The van der Waals surface area contributed by atoms with Gasteiger partial charge in [-0.1, -0.05) is 57.3 Å². The van der Waals surface area contributed by atoms with Crippen molar-refractivity contribution in [3.8, 4) is 0 Å². The first-order chi connectivity index (χ1) is 10.0. The van der Waals surface area contributed by atoms with Gasteiger partial charge in [-0.3, -0.25) is 0 Å². The van der Waals surface area contributed by atoms with Gasteiger partial charge in [0.05, 0.1) is 23.3 Å². The summed E-state index contributed by atoms with van der Waals surface area (Å²) in [5.74, 6) is 0. The van der Waals surface area contributed by atoms with E-state index in [1.54, 1.807) is 12.1 Å². The van der Waals surface area contributed by atoms with E-state index in [2.05, 4.69) is 15.9 Å². The van der Waals surface area contributed by atoms with Gasteiger partial charge in [0.1, 0.15) is 0 Å². The fourth-order valence-corrected chi connectivity index (χ4v) is 2.88. The molecule has 2 aromatic carbocycles. The number of benzene rings is 2. The highest BCUT2D eigenvalue weighted by Gasteiger charge is 2.31. The summed E-state index contributed by atoms with van der Waals surface area (Å²) in [6, 6.07) is 12.9. The van der Waals surface area contributed by atoms with Crippen LogP contribution in [0.4, 0.5) is 0 Å². The van der Waals surface area contributed by atoms with Crippen molar-refractivity contribution in [1.29, 1.82) is 0 Å². The van der Waals surface area contributed by atoms with Gasteiger partial charge < -0.3 is 10.2 Å². The average molecular weight is 390 g/mol. The number of hydrogen-bond donors (Lipinski definition) is 2. The third-order valence-corrected chi connectivity index (χ3v) is 4.86. The molecule has 0 saturated heterocycles. The molecular weight excluding hydrogens is 375 g/mol. The Kier molecular flexibility index (Phi) is 5.69. The van der Waals surface area contributed by atoms with Crippen LogP contribution in [0.2, 0.25) is 10.0 Å². The molecule has 2 nitrogen and oxygen atoms in total. The van der Waals surface area contributed by atoms with Crippen LogP contribution in [0.1, 0.15) is 11.1 Å². The summed E-state index contributed by atoms with van der Waals surface area (Å²) in [6.45, 7) is -0.323. The lowest BCUT2D eigenvalue weighted by Gasteiger charge is -2.31. The van der Waals surface area contributed by atoms with E-state index in [4.69, 9.17) is 23.2 Å². The predicted molar refractivity (Wildman–Crippen MR) is 90.2 cm³/mol. The molecule has 5 heteroatoms. The highest BCUT2D eigenvalue weighted by Crippen LogP contribution is 2.31. The lowest BCUT2D eigenvalue weighted by molar-refractivity contribution is 0.116. The zero-order valence-corrected chi connectivity index (χ0v) is 14.3. The zero-order valence-electron chi connectivity index (χ0n) is 11.2. The van der Waals surface area contributed by atoms with E-state index >= 15 is 0 Å². The Morgan fingerprint density at radius 2 is 1.52 bits per heavy atom. The van der Waals surface area contributed by atoms with Crippen LogP contribution in [0.3, 0.4) is 0 Å². The minimum Gasteiger partial charge on any atom is -0.395 e. The first-order valence-electron chi connectivity index (χ1n) is 6.42. The molecule has 0 fully saturated rings. The normalized spacial score (nSPS) is 11.7. The van der Waals surface area contributed by atoms with Gasteiger partial charge in [0.15, 0.2) is 0 Å². The van der Waals surface area contributed by atoms with Gasteiger partial charge in [-0.15, -0.1) is 0 Å². The Morgan fingerprint density at radius 1 is 0.905 bits per heavy atom. The third kappa shape index (κ3) is 3.79. The van der Waals surface area contributed by atoms with Crippen LogP contribution in [0.5, 0.6) is 0 Å². The van der Waals surface area contributed by atoms with Crippen molar-refractivity contribution < 1.29 is 10.2 Å². The average Bonchev–Trinajstić information content (AvgIpc) is 2.49. The predicted octanol–water partition coefficient (Wildman–Crippen LogP) is 4.22. The molecule has 0 aliphatic rings. The summed E-state index contributed by atoms with van der Waals surface area (Å²) >= 11 is 15.3. The molecule has 0 radical (unpaired) electrons. The van der Waals surface area contributed by atoms with Crippen LogP contribution >= 0.6 is 39.1 Å². The summed E-state index contributed by atoms with van der Waals surface area (Å²) in [5, 5.41) is 20.7. The number of aliphatic hydroxyl groups is 2. The molecule has 0 heterocycles. The second kappa shape index (κ2) is 7.12. The Hall–Kier alpha value is -0.580. The maximum atomic E-state index is 9.85. The quantitative estimate of drug-likeness (QED) is 0.803. The number of hydrogen-bond acceptors (Lipinski definition) is 2. The van der Waals surface area contributed by atoms with Gasteiger partial charge in [0.2, 0.25) is 0 Å².